The van der Waals surface area contributed by atoms with Gasteiger partial charge < -0.3 is 108 Å². The van der Waals surface area contributed by atoms with Crippen LogP contribution >= 0.6 is 31.9 Å². The van der Waals surface area contributed by atoms with E-state index in [9.17, 15) is 34.0 Å². The van der Waals surface area contributed by atoms with Crippen molar-refractivity contribution in [3.05, 3.63) is 150 Å². The van der Waals surface area contributed by atoms with Gasteiger partial charge in [0.2, 0.25) is 5.91 Å². The molecular weight excluding hydrogens is 1850 g/mol. The number of aromatic amines is 2. The number of carbonyl (C=O) groups excluding carboxylic acids is 6. The van der Waals surface area contributed by atoms with Gasteiger partial charge in [0.05, 0.1) is 73.0 Å². The van der Waals surface area contributed by atoms with Gasteiger partial charge in [-0.25, -0.2) is 33.1 Å². The van der Waals surface area contributed by atoms with Crippen molar-refractivity contribution in [1.29, 1.82) is 21.0 Å². The second-order valence-electron chi connectivity index (χ2n) is 32.4. The molecule has 133 heavy (non-hydrogen) atoms. The molecule has 6 amide bonds. The Morgan fingerprint density at radius 3 is 1.02 bits per heavy atom. The third kappa shape index (κ3) is 27.3. The zero-order valence-electron chi connectivity index (χ0n) is 75.9. The highest BCUT2D eigenvalue weighted by molar-refractivity contribution is 9.10. The molecule has 9 aromatic rings. The molecule has 43 nitrogen and oxygen atoms in total. The molecule has 4 aliphatic rings. The molecule has 3 aromatic carbocycles. The van der Waals surface area contributed by atoms with E-state index < -0.39 is 34.7 Å². The van der Waals surface area contributed by atoms with E-state index in [2.05, 4.69) is 121 Å². The van der Waals surface area contributed by atoms with E-state index in [0.29, 0.717) is 160 Å². The quantitative estimate of drug-likeness (QED) is 0.0292. The number of hydrogen-bond acceptors (Lipinski definition) is 31. The number of nitrogens with two attached hydrogens (primary N) is 8. The average molecular weight is 1950 g/mol. The molecule has 10 heterocycles. The van der Waals surface area contributed by atoms with E-state index in [-0.39, 0.29) is 99.3 Å². The summed E-state index contributed by atoms with van der Waals surface area (Å²) >= 11 is 6.28. The highest BCUT2D eigenvalue weighted by Gasteiger charge is 2.38. The Morgan fingerprint density at radius 2 is 0.752 bits per heavy atom. The van der Waals surface area contributed by atoms with Gasteiger partial charge in [-0.05, 0) is 180 Å². The summed E-state index contributed by atoms with van der Waals surface area (Å²) in [5.41, 5.74) is 48.3. The van der Waals surface area contributed by atoms with Crippen molar-refractivity contribution in [3.8, 4) is 94.3 Å². The summed E-state index contributed by atoms with van der Waals surface area (Å²) in [5, 5.41) is 64.8. The van der Waals surface area contributed by atoms with Gasteiger partial charge in [-0.15, -0.1) is 0 Å². The lowest BCUT2D eigenvalue weighted by atomic mass is 10.1. The Balaban J connectivity index is 0.000000207. The number of nitriles is 4. The standard InChI is InChI=1S/C23H29N5O5.C23H27N5O4.C21H23N5O4.C13H18BrN5O2.C4H3BrN4.C4H4N4/c1-23(2,3)33-22(30)27-9-8-15(13-27)28-20(24)19(21(25)29)18(26-28)7-6-14-10-16(31-4)12-17(11-14)32-5;1-23(2,3)32-22(29)27-9-8-16(14-27)28-21(25)19(13-24)20(26-28)7-6-15-10-17(30-4)12-18(11-15)31-5;1-4-18(27)25-8-7-14(12-25)26-20(22)19(21(23)28)17(24-26)6-5-13-9-15(29-2)11-16(10-13)30-3;1-13(2,3)21-12(20)18-5-4-8(7-18)19-11(16)9(6-15)10(14)17-19;5-3-2(1-6)4(7)9-8-3;5-1-3-2-7-8-4(3)6/h10-12,15H,8-9,13,24H2,1-5H3,(H2,25,29);10-12,16H,8-9,14,25H2,1-5H3;4,9-11,14H,1,7-8,12,22H2,2-3H3,(H2,23,28);8H,4-5,7,16H2,1-3H3;(H3,7,8,9);2H,(H3,6,7,8)/t15-;16-;14-;8-;;/m0000../s1. The van der Waals surface area contributed by atoms with E-state index in [1.165, 1.54) is 21.6 Å². The van der Waals surface area contributed by atoms with Gasteiger partial charge in [0.15, 0.2) is 22.9 Å². The lowest BCUT2D eigenvalue weighted by Crippen LogP contribution is -2.35. The number of nitrogens with one attached hydrogen (secondary N) is 2. The smallest absolute Gasteiger partial charge is 0.410 e. The number of ether oxygens (including phenoxy) is 9. The Morgan fingerprint density at radius 1 is 0.436 bits per heavy atom. The van der Waals surface area contributed by atoms with Crippen molar-refractivity contribution in [2.45, 2.75) is 129 Å². The number of benzene rings is 3. The lowest BCUT2D eigenvalue weighted by Gasteiger charge is -2.24. The predicted molar refractivity (Wildman–Crippen MR) is 495 cm³/mol. The maximum absolute atomic E-state index is 12.4. The molecule has 0 saturated carbocycles. The number of carbonyl (C=O) groups is 6. The fourth-order valence-electron chi connectivity index (χ4n) is 13.3. The van der Waals surface area contributed by atoms with Crippen LogP contribution in [0, 0.1) is 80.8 Å². The van der Waals surface area contributed by atoms with Crippen molar-refractivity contribution >= 4 is 103 Å². The minimum atomic E-state index is -0.728. The summed E-state index contributed by atoms with van der Waals surface area (Å²) < 4.78 is 54.9. The minimum Gasteiger partial charge on any atom is -0.497 e. The number of anilines is 6. The van der Waals surface area contributed by atoms with Gasteiger partial charge in [0.25, 0.3) is 11.8 Å². The summed E-state index contributed by atoms with van der Waals surface area (Å²) in [7, 11) is 9.29. The zero-order valence-corrected chi connectivity index (χ0v) is 79.1. The van der Waals surface area contributed by atoms with Crippen molar-refractivity contribution in [2.24, 2.45) is 11.5 Å². The van der Waals surface area contributed by atoms with Gasteiger partial charge in [-0.2, -0.15) is 51.6 Å². The predicted octanol–water partition coefficient (Wildman–Crippen LogP) is 8.81. The second kappa shape index (κ2) is 45.4. The fraction of sp³-hybridized carbons (Fsp3) is 0.386. The maximum atomic E-state index is 12.4. The van der Waals surface area contributed by atoms with Crippen LogP contribution in [0.1, 0.15) is 189 Å². The molecule has 6 aromatic heterocycles. The molecule has 13 rings (SSSR count). The van der Waals surface area contributed by atoms with E-state index in [0.717, 1.165) is 6.42 Å². The van der Waals surface area contributed by atoms with E-state index in [4.69, 9.17) is 104 Å². The van der Waals surface area contributed by atoms with Crippen LogP contribution in [0.25, 0.3) is 0 Å². The lowest BCUT2D eigenvalue weighted by molar-refractivity contribution is -0.125. The molecule has 0 aliphatic carbocycles. The number of nitrogen functional groups attached to an aromatic ring is 6. The normalized spacial score (nSPS) is 15.1. The molecule has 700 valence electrons. The summed E-state index contributed by atoms with van der Waals surface area (Å²) in [6.45, 7) is 23.7. The number of methoxy groups -OCH3 is 6. The minimum absolute atomic E-state index is 0.0454. The summed E-state index contributed by atoms with van der Waals surface area (Å²) in [5.74, 6) is 20.8. The van der Waals surface area contributed by atoms with Crippen LogP contribution in [-0.4, -0.2) is 227 Å². The number of primary amides is 2. The molecule has 0 spiro atoms. The molecule has 0 unspecified atom stereocenters. The Bertz CT molecular complexity index is 6090. The SMILES string of the molecule is C=CC(=O)N1CC[C@H](n2nc(C#Cc3cc(OC)cc(OC)c3)c(C(N)=O)c2N)C1.CC(C)(C)OC(=O)N1CC[C@H](n2nc(Br)c(C#N)c2N)C1.COc1cc(C#Cc2nn([C@H]3CCN(C(=O)OC(C)(C)C)C3)c(N)c2C#N)cc(OC)c1.COc1cc(C#Cc2nn([C@H]3CCN(C(=O)OC(C)(C)C)C3)c(N)c2C(N)=O)cc(OC)c1.N#Cc1c(N)n[nH]c1Br.N#Cc1cn[nH]c1N. The van der Waals surface area contributed by atoms with Crippen LogP contribution in [0.2, 0.25) is 0 Å². The first-order valence-electron chi connectivity index (χ1n) is 40.6. The van der Waals surface area contributed by atoms with Gasteiger partial charge in [0, 0.05) is 87.2 Å². The van der Waals surface area contributed by atoms with Crippen LogP contribution in [0.3, 0.4) is 0 Å². The summed E-state index contributed by atoms with van der Waals surface area (Å²) in [6, 6.07) is 22.9. The Kier molecular flexibility index (Phi) is 35.0. The number of rotatable bonds is 13. The number of halogens is 2. The summed E-state index contributed by atoms with van der Waals surface area (Å²) in [4.78, 5) is 79.3. The molecule has 0 bridgehead atoms. The first-order valence-corrected chi connectivity index (χ1v) is 42.2. The van der Waals surface area contributed by atoms with Crippen LogP contribution in [0.15, 0.2) is 82.7 Å². The Labute approximate surface area is 783 Å². The van der Waals surface area contributed by atoms with Crippen molar-refractivity contribution in [2.75, 3.05) is 129 Å². The maximum Gasteiger partial charge on any atom is 0.410 e. The highest BCUT2D eigenvalue weighted by atomic mass is 79.9. The molecule has 45 heteroatoms. The average Bonchev–Trinajstić information content (AvgIpc) is 1.64. The topological polar surface area (TPSA) is 630 Å². The molecular formula is C88H104Br2N28O15. The van der Waals surface area contributed by atoms with Gasteiger partial charge in [0.1, 0.15) is 147 Å². The molecule has 4 aliphatic heterocycles. The Hall–Kier alpha value is -15.9. The van der Waals surface area contributed by atoms with E-state index in [1.54, 1.807) is 126 Å². The number of amides is 6. The molecule has 0 radical (unpaired) electrons. The van der Waals surface area contributed by atoms with Crippen LogP contribution in [0.4, 0.5) is 49.3 Å². The highest BCUT2D eigenvalue weighted by Crippen LogP contribution is 2.35. The molecule has 18 N–H and O–H groups in total. The van der Waals surface area contributed by atoms with Crippen LogP contribution in [-0.2, 0) is 19.0 Å². The number of nitrogens with zero attached hydrogens (tertiary/aromatic N) is 18. The van der Waals surface area contributed by atoms with E-state index >= 15 is 0 Å². The molecule has 4 saturated heterocycles. The second-order valence-corrected chi connectivity index (χ2v) is 34.0. The third-order valence-corrected chi connectivity index (χ3v) is 20.8. The molecule has 4 atom stereocenters. The largest absolute Gasteiger partial charge is 0.497 e. The molecule has 4 fully saturated rings. The number of H-pyrrole nitrogens is 2. The van der Waals surface area contributed by atoms with Crippen LogP contribution < -0.4 is 74.3 Å². The van der Waals surface area contributed by atoms with Crippen molar-refractivity contribution < 1.29 is 71.4 Å². The van der Waals surface area contributed by atoms with Crippen molar-refractivity contribution in [3.63, 3.8) is 0 Å². The van der Waals surface area contributed by atoms with E-state index in [1.807, 2.05) is 80.5 Å². The number of aromatic nitrogens is 12. The monoisotopic (exact) mass is 1950 g/mol. The van der Waals surface area contributed by atoms with Gasteiger partial charge >= 0.3 is 18.3 Å². The zero-order chi connectivity index (χ0) is 98.3. The first-order chi connectivity index (χ1) is 62.9. The van der Waals surface area contributed by atoms with Crippen LogP contribution in [0.5, 0.6) is 34.5 Å². The number of likely N-dealkylation sites (tertiary alicyclic amines) is 4. The summed E-state index contributed by atoms with van der Waals surface area (Å²) in [6.07, 6.45) is 4.15. The van der Waals surface area contributed by atoms with Crippen molar-refractivity contribution in [1.82, 2.24) is 79.1 Å². The fourth-order valence-corrected chi connectivity index (χ4v) is 14.1. The van der Waals surface area contributed by atoms with Gasteiger partial charge in [-0.3, -0.25) is 24.6 Å². The van der Waals surface area contributed by atoms with Gasteiger partial charge in [-0.1, -0.05) is 24.3 Å². The number of hydrogen-bond donors (Lipinski definition) is 10. The first kappa shape index (κ1) is 102. The third-order valence-electron chi connectivity index (χ3n) is 19.6.